The van der Waals surface area contributed by atoms with Gasteiger partial charge in [-0.15, -0.1) is 0 Å². The van der Waals surface area contributed by atoms with Gasteiger partial charge in [-0.2, -0.15) is 0 Å². The normalized spacial score (nSPS) is 19.6. The van der Waals surface area contributed by atoms with E-state index >= 15 is 0 Å². The number of phenolic OH excluding ortho intramolecular Hbond substituents is 1. The Balaban J connectivity index is 1.73. The Morgan fingerprint density at radius 1 is 0.861 bits per heavy atom. The highest BCUT2D eigenvalue weighted by Gasteiger charge is 2.49. The molecule has 0 spiro atoms. The van der Waals surface area contributed by atoms with Crippen LogP contribution in [0.2, 0.25) is 0 Å². The van der Waals surface area contributed by atoms with Crippen LogP contribution in [0.15, 0.2) is 48.5 Å². The predicted molar refractivity (Wildman–Crippen MR) is 128 cm³/mol. The Kier molecular flexibility index (Phi) is 6.24. The van der Waals surface area contributed by atoms with Crippen LogP contribution in [0.1, 0.15) is 34.1 Å². The lowest BCUT2D eigenvalue weighted by molar-refractivity contribution is -0.142. The molecule has 0 radical (unpaired) electrons. The Bertz CT molecular complexity index is 1300. The number of phenols is 1. The highest BCUT2D eigenvalue weighted by atomic mass is 16.7. The third-order valence-corrected chi connectivity index (χ3v) is 6.69. The second kappa shape index (κ2) is 9.50. The minimum absolute atomic E-state index is 0.0308. The van der Waals surface area contributed by atoms with Crippen molar-refractivity contribution in [1.82, 2.24) is 0 Å². The Morgan fingerprint density at radius 3 is 2.28 bits per heavy atom. The van der Waals surface area contributed by atoms with Crippen LogP contribution < -0.4 is 23.7 Å². The van der Waals surface area contributed by atoms with Gasteiger partial charge in [0, 0.05) is 42.2 Å². The molecule has 3 aromatic rings. The molecule has 0 amide bonds. The standard InChI is InChI=1S/C27H26O9/c1-31-12-34-21-9-15(32-2)5-7-17(21)25-18-8-14(28)4-6-16(18)24(26(25)27(29)30)19-10-22-23(36-13-35-22)11-20(19)33-3/h4-11,24-26,28H,12-13H2,1-3H3,(H,29,30). The molecule has 0 saturated carbocycles. The number of hydrogen-bond acceptors (Lipinski definition) is 8. The van der Waals surface area contributed by atoms with Crippen molar-refractivity contribution in [2.75, 3.05) is 34.9 Å². The first-order chi connectivity index (χ1) is 17.5. The summed E-state index contributed by atoms with van der Waals surface area (Å²) < 4.78 is 33.0. The van der Waals surface area contributed by atoms with Gasteiger partial charge in [0.05, 0.1) is 20.1 Å². The molecule has 5 rings (SSSR count). The molecule has 2 aliphatic rings. The SMILES string of the molecule is COCOc1cc(OC)ccc1C1c2cc(O)ccc2C(c2cc3c(cc2OC)OCO3)C1C(=O)O. The lowest BCUT2D eigenvalue weighted by Crippen LogP contribution is -2.24. The summed E-state index contributed by atoms with van der Waals surface area (Å²) in [6.45, 7) is 0.0467. The molecule has 188 valence electrons. The molecule has 0 bridgehead atoms. The number of aliphatic carboxylic acids is 1. The van der Waals surface area contributed by atoms with Crippen molar-refractivity contribution in [3.8, 4) is 34.5 Å². The van der Waals surface area contributed by atoms with Gasteiger partial charge in [-0.1, -0.05) is 12.1 Å². The van der Waals surface area contributed by atoms with E-state index in [1.54, 1.807) is 55.6 Å². The van der Waals surface area contributed by atoms with Crippen molar-refractivity contribution >= 4 is 5.97 Å². The maximum Gasteiger partial charge on any atom is 0.308 e. The third kappa shape index (κ3) is 3.91. The van der Waals surface area contributed by atoms with Crippen LogP contribution in [0.3, 0.4) is 0 Å². The topological polar surface area (TPSA) is 113 Å². The van der Waals surface area contributed by atoms with Crippen molar-refractivity contribution in [3.63, 3.8) is 0 Å². The molecule has 1 aliphatic carbocycles. The molecule has 1 aliphatic heterocycles. The van der Waals surface area contributed by atoms with Crippen molar-refractivity contribution < 1.29 is 43.4 Å². The molecule has 3 unspecified atom stereocenters. The maximum absolute atomic E-state index is 13.0. The average molecular weight is 494 g/mol. The zero-order valence-electron chi connectivity index (χ0n) is 20.0. The Hall–Kier alpha value is -4.11. The van der Waals surface area contributed by atoms with Gasteiger partial charge in [-0.05, 0) is 35.4 Å². The summed E-state index contributed by atoms with van der Waals surface area (Å²) in [7, 11) is 4.58. The summed E-state index contributed by atoms with van der Waals surface area (Å²) in [4.78, 5) is 13.0. The van der Waals surface area contributed by atoms with Crippen LogP contribution in [0, 0.1) is 5.92 Å². The van der Waals surface area contributed by atoms with Gasteiger partial charge in [-0.25, -0.2) is 0 Å². The van der Waals surface area contributed by atoms with Gasteiger partial charge in [-0.3, -0.25) is 4.79 Å². The lowest BCUT2D eigenvalue weighted by Gasteiger charge is -2.25. The van der Waals surface area contributed by atoms with Crippen molar-refractivity contribution in [2.45, 2.75) is 11.8 Å². The largest absolute Gasteiger partial charge is 0.508 e. The summed E-state index contributed by atoms with van der Waals surface area (Å²) in [6, 6.07) is 13.7. The smallest absolute Gasteiger partial charge is 0.308 e. The summed E-state index contributed by atoms with van der Waals surface area (Å²) in [6.07, 6.45) is 0. The molecule has 0 aromatic heterocycles. The predicted octanol–water partition coefficient (Wildman–Crippen LogP) is 4.10. The highest BCUT2D eigenvalue weighted by Crippen LogP contribution is 2.57. The van der Waals surface area contributed by atoms with Gasteiger partial charge in [0.1, 0.15) is 23.0 Å². The fourth-order valence-electron chi connectivity index (χ4n) is 5.21. The second-order valence-corrected chi connectivity index (χ2v) is 8.53. The van der Waals surface area contributed by atoms with Crippen LogP contribution >= 0.6 is 0 Å². The quantitative estimate of drug-likeness (QED) is 0.447. The van der Waals surface area contributed by atoms with Gasteiger partial charge in [0.25, 0.3) is 0 Å². The molecule has 36 heavy (non-hydrogen) atoms. The average Bonchev–Trinajstić information content (AvgIpc) is 3.47. The summed E-state index contributed by atoms with van der Waals surface area (Å²) in [5, 5.41) is 21.0. The molecular weight excluding hydrogens is 468 g/mol. The van der Waals surface area contributed by atoms with E-state index in [9.17, 15) is 15.0 Å². The first-order valence-electron chi connectivity index (χ1n) is 11.3. The Labute approximate surface area is 207 Å². The zero-order valence-corrected chi connectivity index (χ0v) is 20.0. The van der Waals surface area contributed by atoms with Crippen LogP contribution in [0.4, 0.5) is 0 Å². The van der Waals surface area contributed by atoms with Crippen molar-refractivity contribution in [2.24, 2.45) is 5.92 Å². The van der Waals surface area contributed by atoms with E-state index in [1.807, 2.05) is 0 Å². The first kappa shape index (κ1) is 23.6. The molecule has 3 atom stereocenters. The van der Waals surface area contributed by atoms with E-state index < -0.39 is 23.7 Å². The lowest BCUT2D eigenvalue weighted by atomic mass is 9.79. The molecule has 0 saturated heterocycles. The molecule has 2 N–H and O–H groups in total. The number of carboxylic acid groups (broad SMARTS) is 1. The molecular formula is C27H26O9. The fraction of sp³-hybridized carbons (Fsp3) is 0.296. The summed E-state index contributed by atoms with van der Waals surface area (Å²) >= 11 is 0. The monoisotopic (exact) mass is 494 g/mol. The first-order valence-corrected chi connectivity index (χ1v) is 11.3. The molecule has 3 aromatic carbocycles. The van der Waals surface area contributed by atoms with Gasteiger partial charge >= 0.3 is 5.97 Å². The van der Waals surface area contributed by atoms with Crippen LogP contribution in [0.5, 0.6) is 34.5 Å². The number of methoxy groups -OCH3 is 3. The van der Waals surface area contributed by atoms with Crippen LogP contribution in [-0.2, 0) is 9.53 Å². The highest BCUT2D eigenvalue weighted by molar-refractivity contribution is 5.79. The van der Waals surface area contributed by atoms with Crippen LogP contribution in [0.25, 0.3) is 0 Å². The van der Waals surface area contributed by atoms with Gasteiger partial charge in [0.2, 0.25) is 6.79 Å². The summed E-state index contributed by atoms with van der Waals surface area (Å²) in [5.74, 6) is -0.647. The van der Waals surface area contributed by atoms with E-state index in [1.165, 1.54) is 14.2 Å². The second-order valence-electron chi connectivity index (χ2n) is 8.53. The third-order valence-electron chi connectivity index (χ3n) is 6.69. The van der Waals surface area contributed by atoms with E-state index in [4.69, 9.17) is 28.4 Å². The molecule has 1 heterocycles. The minimum atomic E-state index is -1.01. The minimum Gasteiger partial charge on any atom is -0.508 e. The number of hydrogen-bond donors (Lipinski definition) is 2. The molecule has 9 heteroatoms. The number of benzene rings is 3. The van der Waals surface area contributed by atoms with E-state index in [2.05, 4.69) is 0 Å². The molecule has 9 nitrogen and oxygen atoms in total. The fourth-order valence-corrected chi connectivity index (χ4v) is 5.21. The number of ether oxygens (including phenoxy) is 6. The van der Waals surface area contributed by atoms with E-state index in [0.717, 1.165) is 5.56 Å². The van der Waals surface area contributed by atoms with Gasteiger partial charge in [0.15, 0.2) is 18.3 Å². The number of rotatable bonds is 8. The summed E-state index contributed by atoms with van der Waals surface area (Å²) in [5.41, 5.74) is 2.72. The van der Waals surface area contributed by atoms with E-state index in [0.29, 0.717) is 45.4 Å². The number of carbonyl (C=O) groups is 1. The number of carboxylic acids is 1. The number of aromatic hydroxyl groups is 1. The Morgan fingerprint density at radius 2 is 1.58 bits per heavy atom. The van der Waals surface area contributed by atoms with Crippen molar-refractivity contribution in [1.29, 1.82) is 0 Å². The zero-order chi connectivity index (χ0) is 25.4. The van der Waals surface area contributed by atoms with Crippen LogP contribution in [-0.4, -0.2) is 51.1 Å². The number of fused-ring (bicyclic) bond motifs is 2. The van der Waals surface area contributed by atoms with E-state index in [-0.39, 0.29) is 19.3 Å². The molecule has 0 fully saturated rings. The van der Waals surface area contributed by atoms with Gasteiger partial charge < -0.3 is 38.6 Å². The van der Waals surface area contributed by atoms with Crippen molar-refractivity contribution in [3.05, 3.63) is 70.8 Å². The maximum atomic E-state index is 13.0.